The number of thiophene rings is 1. The number of hydrogen-bond acceptors (Lipinski definition) is 7. The molecule has 3 aromatic heterocycles. The maximum atomic E-state index is 6.20. The Kier molecular flexibility index (Phi) is 7.09. The van der Waals surface area contributed by atoms with Gasteiger partial charge in [-0.15, -0.1) is 11.3 Å². The number of rotatable bonds is 8. The van der Waals surface area contributed by atoms with E-state index >= 15 is 0 Å². The molecule has 9 heteroatoms. The van der Waals surface area contributed by atoms with Crippen molar-refractivity contribution in [2.75, 3.05) is 50.5 Å². The van der Waals surface area contributed by atoms with Crippen LogP contribution < -0.4 is 10.6 Å². The predicted octanol–water partition coefficient (Wildman–Crippen LogP) is 5.89. The Bertz CT molecular complexity index is 1450. The molecule has 4 aromatic rings. The van der Waals surface area contributed by atoms with Crippen LogP contribution in [-0.4, -0.2) is 67.6 Å². The van der Waals surface area contributed by atoms with Crippen LogP contribution in [0.1, 0.15) is 10.4 Å². The van der Waals surface area contributed by atoms with Crippen molar-refractivity contribution in [3.63, 3.8) is 0 Å². The molecule has 1 aromatic carbocycles. The molecule has 1 saturated heterocycles. The molecule has 4 heterocycles. The van der Waals surface area contributed by atoms with Crippen LogP contribution in [-0.2, 0) is 17.9 Å². The highest BCUT2D eigenvalue weighted by molar-refractivity contribution is 7.16. The molecule has 2 N–H and O–H groups in total. The maximum Gasteiger partial charge on any atom is 0.140 e. The summed E-state index contributed by atoms with van der Waals surface area (Å²) in [5.41, 5.74) is 14.2. The van der Waals surface area contributed by atoms with Gasteiger partial charge in [0.25, 0.3) is 0 Å². The summed E-state index contributed by atoms with van der Waals surface area (Å²) in [6, 6.07) is 16.4. The zero-order valence-electron chi connectivity index (χ0n) is 23.4. The molecule has 1 aliphatic heterocycles. The van der Waals surface area contributed by atoms with E-state index in [4.69, 9.17) is 15.6 Å². The van der Waals surface area contributed by atoms with Crippen LogP contribution in [0.15, 0.2) is 48.7 Å². The average Bonchev–Trinajstić information content (AvgIpc) is 3.57. The SMILES string of the molecule is CN1CCN(c2ccc(-c3nn(COCC[Si](C)(C)C)c4c3Cc3sc(-c5ccc(N)nc5)cc3-4)cc2)CC1. The van der Waals surface area contributed by atoms with Crippen molar-refractivity contribution in [3.05, 3.63) is 59.1 Å². The lowest BCUT2D eigenvalue weighted by molar-refractivity contribution is 0.0799. The number of nitrogens with zero attached hydrogens (tertiary/aromatic N) is 5. The van der Waals surface area contributed by atoms with Crippen molar-refractivity contribution >= 4 is 30.9 Å². The average molecular weight is 559 g/mol. The van der Waals surface area contributed by atoms with Gasteiger partial charge in [-0.2, -0.15) is 5.10 Å². The summed E-state index contributed by atoms with van der Waals surface area (Å²) in [4.78, 5) is 11.8. The van der Waals surface area contributed by atoms with E-state index in [0.717, 1.165) is 56.5 Å². The van der Waals surface area contributed by atoms with E-state index in [1.807, 2.05) is 29.7 Å². The zero-order valence-corrected chi connectivity index (χ0v) is 25.2. The summed E-state index contributed by atoms with van der Waals surface area (Å²) in [5.74, 6) is 0.543. The fourth-order valence-electron chi connectivity index (χ4n) is 5.33. The molecule has 39 heavy (non-hydrogen) atoms. The molecule has 0 unspecified atom stereocenters. The molecular formula is C30H38N6OSSi. The zero-order chi connectivity index (χ0) is 27.1. The minimum Gasteiger partial charge on any atom is -0.384 e. The van der Waals surface area contributed by atoms with Gasteiger partial charge in [0, 0.05) is 91.2 Å². The van der Waals surface area contributed by atoms with Crippen LogP contribution in [0.25, 0.3) is 33.0 Å². The fraction of sp³-hybridized carbons (Fsp3) is 0.400. The molecule has 0 saturated carbocycles. The summed E-state index contributed by atoms with van der Waals surface area (Å²) in [7, 11) is 1.04. The number of ether oxygens (including phenoxy) is 1. The molecule has 204 valence electrons. The molecule has 0 amide bonds. The van der Waals surface area contributed by atoms with Crippen LogP contribution in [0, 0.1) is 0 Å². The van der Waals surface area contributed by atoms with Crippen LogP contribution in [0.4, 0.5) is 11.5 Å². The van der Waals surface area contributed by atoms with Crippen molar-refractivity contribution in [1.29, 1.82) is 0 Å². The predicted molar refractivity (Wildman–Crippen MR) is 165 cm³/mol. The number of benzene rings is 1. The second kappa shape index (κ2) is 10.5. The Morgan fingerprint density at radius 1 is 1.00 bits per heavy atom. The van der Waals surface area contributed by atoms with Crippen LogP contribution in [0.2, 0.25) is 25.7 Å². The summed E-state index contributed by atoms with van der Waals surface area (Å²) >= 11 is 1.84. The third-order valence-electron chi connectivity index (χ3n) is 7.74. The van der Waals surface area contributed by atoms with E-state index in [2.05, 4.69) is 76.5 Å². The Balaban J connectivity index is 1.31. The standard InChI is InChI=1S/C30H38N6OSSi/c1-34-11-13-35(14-12-34)23-8-5-21(6-9-23)29-25-18-27-24(17-26(38-27)22-7-10-28(31)32-19-22)30(25)36(33-29)20-37-15-16-39(2,3)4/h5-10,17,19H,11-16,18,20H2,1-4H3,(H2,31,32). The number of nitrogen functional groups attached to an aromatic ring is 1. The van der Waals surface area contributed by atoms with E-state index in [9.17, 15) is 0 Å². The lowest BCUT2D eigenvalue weighted by Gasteiger charge is -2.34. The quantitative estimate of drug-likeness (QED) is 0.189. The Hall–Kier alpha value is -2.98. The smallest absolute Gasteiger partial charge is 0.140 e. The fourth-order valence-corrected chi connectivity index (χ4v) is 7.25. The molecular weight excluding hydrogens is 521 g/mol. The van der Waals surface area contributed by atoms with Gasteiger partial charge in [0.15, 0.2) is 0 Å². The molecule has 0 radical (unpaired) electrons. The molecule has 0 atom stereocenters. The highest BCUT2D eigenvalue weighted by Crippen LogP contribution is 2.47. The summed E-state index contributed by atoms with van der Waals surface area (Å²) in [6.45, 7) is 12.8. The third-order valence-corrected chi connectivity index (χ3v) is 10.6. The first-order valence-corrected chi connectivity index (χ1v) is 18.3. The summed E-state index contributed by atoms with van der Waals surface area (Å²) in [6.07, 6.45) is 2.75. The first-order chi connectivity index (χ1) is 18.7. The highest BCUT2D eigenvalue weighted by Gasteiger charge is 2.31. The second-order valence-electron chi connectivity index (χ2n) is 12.0. The number of likely N-dealkylation sites (N-methyl/N-ethyl adjacent to an activating group) is 1. The molecule has 7 nitrogen and oxygen atoms in total. The van der Waals surface area contributed by atoms with Gasteiger partial charge in [-0.3, -0.25) is 0 Å². The first kappa shape index (κ1) is 26.3. The monoisotopic (exact) mass is 558 g/mol. The molecule has 6 rings (SSSR count). The second-order valence-corrected chi connectivity index (χ2v) is 18.7. The number of fused-ring (bicyclic) bond motifs is 3. The molecule has 1 aliphatic carbocycles. The topological polar surface area (TPSA) is 72.4 Å². The first-order valence-electron chi connectivity index (χ1n) is 13.8. The largest absolute Gasteiger partial charge is 0.384 e. The highest BCUT2D eigenvalue weighted by atomic mass is 32.1. The van der Waals surface area contributed by atoms with Gasteiger partial charge in [-0.25, -0.2) is 9.67 Å². The summed E-state index contributed by atoms with van der Waals surface area (Å²) in [5, 5.41) is 5.14. The Morgan fingerprint density at radius 3 is 2.44 bits per heavy atom. The van der Waals surface area contributed by atoms with E-state index in [1.54, 1.807) is 0 Å². The normalized spacial score (nSPS) is 15.5. The lowest BCUT2D eigenvalue weighted by atomic mass is 10.1. The molecule has 0 bridgehead atoms. The van der Waals surface area contributed by atoms with Crippen molar-refractivity contribution in [3.8, 4) is 33.0 Å². The molecule has 1 fully saturated rings. The van der Waals surface area contributed by atoms with E-state index < -0.39 is 8.07 Å². The number of nitrogens with two attached hydrogens (primary N) is 1. The minimum atomic E-state index is -1.16. The van der Waals surface area contributed by atoms with Gasteiger partial charge in [-0.1, -0.05) is 31.8 Å². The third kappa shape index (κ3) is 5.54. The molecule has 2 aliphatic rings. The Morgan fingerprint density at radius 2 is 1.74 bits per heavy atom. The van der Waals surface area contributed by atoms with Gasteiger partial charge < -0.3 is 20.3 Å². The number of hydrogen-bond donors (Lipinski definition) is 1. The van der Waals surface area contributed by atoms with Crippen molar-refractivity contribution in [2.24, 2.45) is 0 Å². The van der Waals surface area contributed by atoms with Crippen LogP contribution >= 0.6 is 11.3 Å². The van der Waals surface area contributed by atoms with E-state index in [1.165, 1.54) is 37.8 Å². The van der Waals surface area contributed by atoms with Crippen molar-refractivity contribution in [1.82, 2.24) is 19.7 Å². The maximum absolute atomic E-state index is 6.20. The van der Waals surface area contributed by atoms with Crippen molar-refractivity contribution in [2.45, 2.75) is 38.8 Å². The van der Waals surface area contributed by atoms with Gasteiger partial charge in [0.05, 0.1) is 11.4 Å². The van der Waals surface area contributed by atoms with Gasteiger partial charge in [0.2, 0.25) is 0 Å². The summed E-state index contributed by atoms with van der Waals surface area (Å²) < 4.78 is 8.29. The number of pyridine rings is 1. The number of aromatic nitrogens is 3. The molecule has 0 spiro atoms. The minimum absolute atomic E-state index is 0.472. The Labute approximate surface area is 236 Å². The van der Waals surface area contributed by atoms with Crippen molar-refractivity contribution < 1.29 is 4.74 Å². The van der Waals surface area contributed by atoms with E-state index in [0.29, 0.717) is 12.5 Å². The van der Waals surface area contributed by atoms with Gasteiger partial charge >= 0.3 is 0 Å². The van der Waals surface area contributed by atoms with Crippen LogP contribution in [0.3, 0.4) is 0 Å². The lowest BCUT2D eigenvalue weighted by Crippen LogP contribution is -2.44. The van der Waals surface area contributed by atoms with Gasteiger partial charge in [-0.05, 0) is 43.4 Å². The van der Waals surface area contributed by atoms with Gasteiger partial charge in [0.1, 0.15) is 12.5 Å². The number of piperazine rings is 1. The number of anilines is 2. The van der Waals surface area contributed by atoms with Crippen LogP contribution in [0.5, 0.6) is 0 Å². The van der Waals surface area contributed by atoms with E-state index in [-0.39, 0.29) is 0 Å².